The molecule has 0 bridgehead atoms. The highest BCUT2D eigenvalue weighted by molar-refractivity contribution is 7.46. The topological polar surface area (TPSA) is 169 Å². The Kier molecular flexibility index (Phi) is 9.03. The van der Waals surface area contributed by atoms with Gasteiger partial charge in [-0.3, -0.25) is 4.52 Å². The predicted molar refractivity (Wildman–Crippen MR) is 131 cm³/mol. The smallest absolute Gasteiger partial charge is 0.399 e. The molecule has 1 aromatic heterocycles. The molecule has 0 spiro atoms. The molecule has 0 amide bonds. The van der Waals surface area contributed by atoms with Crippen molar-refractivity contribution in [3.8, 4) is 0 Å². The number of nitrogens with zero attached hydrogens (tertiary/aromatic N) is 1. The van der Waals surface area contributed by atoms with E-state index in [9.17, 15) is 4.57 Å². The van der Waals surface area contributed by atoms with E-state index in [1.54, 1.807) is 12.2 Å². The first-order chi connectivity index (χ1) is 16.3. The maximum Gasteiger partial charge on any atom is 0.471 e. The van der Waals surface area contributed by atoms with Gasteiger partial charge in [0, 0.05) is 42.5 Å². The quantitative estimate of drug-likeness (QED) is 0.0737. The van der Waals surface area contributed by atoms with Crippen LogP contribution in [-0.2, 0) is 22.1 Å². The molecule has 3 rings (SSSR count). The summed E-state index contributed by atoms with van der Waals surface area (Å²) in [7, 11) is -4.50. The molecule has 0 aliphatic carbocycles. The van der Waals surface area contributed by atoms with Crippen LogP contribution in [-0.4, -0.2) is 28.2 Å². The third-order valence-corrected chi connectivity index (χ3v) is 5.18. The molecule has 1 heterocycles. The second-order valence-corrected chi connectivity index (χ2v) is 8.62. The van der Waals surface area contributed by atoms with Crippen LogP contribution in [0.3, 0.4) is 0 Å². The standard InChI is InChI=1S/C23H28N5O5P/c24-14-19(3-2-10-26-16-32-34(29,30)31)23-13-22(28-33-23)11-17-6-8-18(9-7-17)15-27-21-5-1-4-20(25)12-21/h1-10,12-13,26-27H,11,14-16,24-25H2,(H2,29,30,31)/b10-2-,19-3+. The van der Waals surface area contributed by atoms with Crippen molar-refractivity contribution < 1.29 is 23.4 Å². The fraction of sp³-hybridized carbons (Fsp3) is 0.174. The van der Waals surface area contributed by atoms with E-state index in [1.807, 2.05) is 30.3 Å². The maximum absolute atomic E-state index is 10.6. The van der Waals surface area contributed by atoms with Gasteiger partial charge in [-0.25, -0.2) is 4.57 Å². The van der Waals surface area contributed by atoms with Gasteiger partial charge in [0.2, 0.25) is 0 Å². The molecule has 8 N–H and O–H groups in total. The van der Waals surface area contributed by atoms with Crippen LogP contribution in [0.2, 0.25) is 0 Å². The summed E-state index contributed by atoms with van der Waals surface area (Å²) in [6.07, 6.45) is 5.44. The van der Waals surface area contributed by atoms with Gasteiger partial charge in [-0.2, -0.15) is 0 Å². The van der Waals surface area contributed by atoms with E-state index in [0.29, 0.717) is 18.7 Å². The van der Waals surface area contributed by atoms with E-state index in [-0.39, 0.29) is 13.3 Å². The number of nitrogens with two attached hydrogens (primary N) is 2. The second-order valence-electron chi connectivity index (χ2n) is 7.38. The molecule has 0 fully saturated rings. The summed E-state index contributed by atoms with van der Waals surface area (Å²) in [4.78, 5) is 17.2. The maximum atomic E-state index is 10.6. The first kappa shape index (κ1) is 25.2. The van der Waals surface area contributed by atoms with E-state index >= 15 is 0 Å². The van der Waals surface area contributed by atoms with Crippen LogP contribution < -0.4 is 22.1 Å². The number of rotatable bonds is 12. The molecule has 0 radical (unpaired) electrons. The Balaban J connectivity index is 1.52. The van der Waals surface area contributed by atoms with Crippen molar-refractivity contribution in [1.29, 1.82) is 0 Å². The number of phosphoric acid groups is 1. The van der Waals surface area contributed by atoms with Gasteiger partial charge < -0.3 is 36.4 Å². The fourth-order valence-electron chi connectivity index (χ4n) is 3.04. The molecular formula is C23H28N5O5P. The highest BCUT2D eigenvalue weighted by Crippen LogP contribution is 2.34. The Morgan fingerprint density at radius 2 is 1.91 bits per heavy atom. The highest BCUT2D eigenvalue weighted by atomic mass is 31.2. The monoisotopic (exact) mass is 485 g/mol. The van der Waals surface area contributed by atoms with Crippen molar-refractivity contribution in [1.82, 2.24) is 10.5 Å². The van der Waals surface area contributed by atoms with Crippen LogP contribution in [0.25, 0.3) is 5.57 Å². The molecule has 34 heavy (non-hydrogen) atoms. The van der Waals surface area contributed by atoms with Gasteiger partial charge >= 0.3 is 7.82 Å². The number of phosphoric ester groups is 1. The Hall–Kier alpha value is -3.40. The molecule has 0 saturated heterocycles. The van der Waals surface area contributed by atoms with Crippen molar-refractivity contribution >= 4 is 24.8 Å². The number of hydrogen-bond acceptors (Lipinski definition) is 8. The van der Waals surface area contributed by atoms with Crippen LogP contribution in [0.15, 0.2) is 77.5 Å². The molecule has 0 atom stereocenters. The van der Waals surface area contributed by atoms with Gasteiger partial charge in [0.05, 0.1) is 5.69 Å². The molecule has 0 aliphatic heterocycles. The summed E-state index contributed by atoms with van der Waals surface area (Å²) in [5.41, 5.74) is 17.0. The SMILES string of the molecule is NC/C(=C\C=C/NCOP(=O)(O)O)c1cc(Cc2ccc(CNc3cccc(N)c3)cc2)no1. The van der Waals surface area contributed by atoms with Crippen LogP contribution in [0, 0.1) is 0 Å². The van der Waals surface area contributed by atoms with Gasteiger partial charge in [-0.1, -0.05) is 41.6 Å². The van der Waals surface area contributed by atoms with Crippen molar-refractivity contribution in [3.05, 3.63) is 95.5 Å². The van der Waals surface area contributed by atoms with E-state index in [1.165, 1.54) is 6.20 Å². The number of allylic oxidation sites excluding steroid dienone is 2. The van der Waals surface area contributed by atoms with Gasteiger partial charge in [0.25, 0.3) is 0 Å². The normalized spacial score (nSPS) is 12.3. The summed E-state index contributed by atoms with van der Waals surface area (Å²) in [6, 6.07) is 17.7. The van der Waals surface area contributed by atoms with Crippen LogP contribution in [0.4, 0.5) is 11.4 Å². The summed E-state index contributed by atoms with van der Waals surface area (Å²) in [5.74, 6) is 0.552. The third-order valence-electron chi connectivity index (χ3n) is 4.71. The van der Waals surface area contributed by atoms with E-state index in [4.69, 9.17) is 25.8 Å². The molecule has 3 aromatic rings. The molecule has 2 aromatic carbocycles. The highest BCUT2D eigenvalue weighted by Gasteiger charge is 2.12. The summed E-state index contributed by atoms with van der Waals surface area (Å²) in [6.45, 7) is 0.595. The van der Waals surface area contributed by atoms with Gasteiger partial charge in [-0.05, 0) is 41.6 Å². The first-order valence-electron chi connectivity index (χ1n) is 10.4. The minimum absolute atomic E-state index is 0.229. The number of anilines is 2. The Labute approximate surface area is 197 Å². The minimum atomic E-state index is -4.50. The van der Waals surface area contributed by atoms with Crippen molar-refractivity contribution in [3.63, 3.8) is 0 Å². The van der Waals surface area contributed by atoms with Gasteiger partial charge in [0.1, 0.15) is 6.73 Å². The van der Waals surface area contributed by atoms with E-state index < -0.39 is 7.82 Å². The largest absolute Gasteiger partial charge is 0.471 e. The fourth-order valence-corrected chi connectivity index (χ4v) is 3.28. The van der Waals surface area contributed by atoms with Crippen LogP contribution >= 0.6 is 7.82 Å². The first-order valence-corrected chi connectivity index (χ1v) is 12.0. The molecule has 0 unspecified atom stereocenters. The third kappa shape index (κ3) is 8.51. The zero-order valence-electron chi connectivity index (χ0n) is 18.4. The van der Waals surface area contributed by atoms with Crippen LogP contribution in [0.1, 0.15) is 22.6 Å². The summed E-state index contributed by atoms with van der Waals surface area (Å²) >= 11 is 0. The Morgan fingerprint density at radius 3 is 2.62 bits per heavy atom. The lowest BCUT2D eigenvalue weighted by atomic mass is 10.1. The van der Waals surface area contributed by atoms with Crippen molar-refractivity contribution in [2.24, 2.45) is 5.73 Å². The Bertz CT molecular complexity index is 1170. The summed E-state index contributed by atoms with van der Waals surface area (Å²) < 4.78 is 20.3. The molecule has 0 aliphatic rings. The molecule has 180 valence electrons. The number of hydrogen-bond donors (Lipinski definition) is 6. The van der Waals surface area contributed by atoms with Crippen LogP contribution in [0.5, 0.6) is 0 Å². The molecule has 11 heteroatoms. The molecule has 10 nitrogen and oxygen atoms in total. The zero-order valence-corrected chi connectivity index (χ0v) is 19.3. The molecular weight excluding hydrogens is 457 g/mol. The lowest BCUT2D eigenvalue weighted by Gasteiger charge is -2.08. The van der Waals surface area contributed by atoms with E-state index in [2.05, 4.69) is 44.6 Å². The lowest BCUT2D eigenvalue weighted by Crippen LogP contribution is -2.09. The number of nitrogens with one attached hydrogen (secondary N) is 2. The second kappa shape index (κ2) is 12.2. The van der Waals surface area contributed by atoms with Crippen molar-refractivity contribution in [2.75, 3.05) is 24.3 Å². The average Bonchev–Trinajstić information content (AvgIpc) is 3.26. The van der Waals surface area contributed by atoms with Gasteiger partial charge in [-0.15, -0.1) is 0 Å². The molecule has 0 saturated carbocycles. The zero-order chi connectivity index (χ0) is 24.4. The van der Waals surface area contributed by atoms with Gasteiger partial charge in [0.15, 0.2) is 5.76 Å². The number of aromatic nitrogens is 1. The average molecular weight is 485 g/mol. The Morgan fingerprint density at radius 1 is 1.15 bits per heavy atom. The van der Waals surface area contributed by atoms with Crippen molar-refractivity contribution in [2.45, 2.75) is 13.0 Å². The lowest BCUT2D eigenvalue weighted by molar-refractivity contribution is 0.191. The number of benzene rings is 2. The minimum Gasteiger partial charge on any atom is -0.399 e. The number of nitrogen functional groups attached to an aromatic ring is 1. The predicted octanol–water partition coefficient (Wildman–Crippen LogP) is 2.97. The van der Waals surface area contributed by atoms with E-state index in [0.717, 1.165) is 33.8 Å². The summed E-state index contributed by atoms with van der Waals surface area (Å²) in [5, 5.41) is 10.1.